The zero-order valence-electron chi connectivity index (χ0n) is 15.6. The standard InChI is InChI=1S/C20H22N4O3/c1-4-24-14(3)21-16-11-15(9-10-17(16)24)20(26)23-22-19(25)12-27-18-8-6-5-7-13(18)2/h5-11H,4,12H2,1-3H3,(H,22,25)(H,23,26). The monoisotopic (exact) mass is 366 g/mol. The third-order valence-corrected chi connectivity index (χ3v) is 4.29. The predicted molar refractivity (Wildman–Crippen MR) is 102 cm³/mol. The van der Waals surface area contributed by atoms with Crippen LogP contribution in [0.2, 0.25) is 0 Å². The van der Waals surface area contributed by atoms with E-state index in [1.165, 1.54) is 0 Å². The summed E-state index contributed by atoms with van der Waals surface area (Å²) in [7, 11) is 0. The number of benzene rings is 2. The molecule has 0 radical (unpaired) electrons. The van der Waals surface area contributed by atoms with Gasteiger partial charge < -0.3 is 9.30 Å². The molecular weight excluding hydrogens is 344 g/mol. The molecule has 2 N–H and O–H groups in total. The smallest absolute Gasteiger partial charge is 0.276 e. The number of para-hydroxylation sites is 1. The first-order valence-corrected chi connectivity index (χ1v) is 8.74. The van der Waals surface area contributed by atoms with Crippen LogP contribution < -0.4 is 15.6 Å². The highest BCUT2D eigenvalue weighted by Gasteiger charge is 2.12. The topological polar surface area (TPSA) is 85.3 Å². The maximum Gasteiger partial charge on any atom is 0.276 e. The minimum atomic E-state index is -0.446. The van der Waals surface area contributed by atoms with Gasteiger partial charge in [-0.1, -0.05) is 18.2 Å². The second-order valence-electron chi connectivity index (χ2n) is 6.16. The minimum Gasteiger partial charge on any atom is -0.483 e. The fourth-order valence-corrected chi connectivity index (χ4v) is 2.89. The lowest BCUT2D eigenvalue weighted by Gasteiger charge is -2.10. The molecule has 140 valence electrons. The molecule has 0 saturated heterocycles. The molecule has 0 saturated carbocycles. The zero-order chi connectivity index (χ0) is 19.4. The molecule has 27 heavy (non-hydrogen) atoms. The van der Waals surface area contributed by atoms with Crippen molar-refractivity contribution >= 4 is 22.8 Å². The van der Waals surface area contributed by atoms with E-state index in [1.54, 1.807) is 18.2 Å². The Morgan fingerprint density at radius 1 is 1.11 bits per heavy atom. The van der Waals surface area contributed by atoms with Gasteiger partial charge in [-0.05, 0) is 50.6 Å². The molecule has 7 heteroatoms. The fourth-order valence-electron chi connectivity index (χ4n) is 2.89. The van der Waals surface area contributed by atoms with E-state index in [0.29, 0.717) is 11.3 Å². The molecule has 0 aliphatic carbocycles. The molecular formula is C20H22N4O3. The molecule has 1 aromatic heterocycles. The Labute approximate surface area is 157 Å². The van der Waals surface area contributed by atoms with Gasteiger partial charge in [0.2, 0.25) is 0 Å². The molecule has 0 aliphatic heterocycles. The number of amides is 2. The average molecular weight is 366 g/mol. The average Bonchev–Trinajstić information content (AvgIpc) is 2.99. The Bertz CT molecular complexity index is 994. The number of hydrogen-bond acceptors (Lipinski definition) is 4. The zero-order valence-corrected chi connectivity index (χ0v) is 15.6. The number of carbonyl (C=O) groups is 2. The van der Waals surface area contributed by atoms with E-state index in [-0.39, 0.29) is 6.61 Å². The molecule has 3 rings (SSSR count). The number of rotatable bonds is 5. The number of hydrazine groups is 1. The van der Waals surface area contributed by atoms with Crippen LogP contribution in [-0.2, 0) is 11.3 Å². The molecule has 0 spiro atoms. The van der Waals surface area contributed by atoms with E-state index >= 15 is 0 Å². The Hall–Kier alpha value is -3.35. The number of ether oxygens (including phenoxy) is 1. The summed E-state index contributed by atoms with van der Waals surface area (Å²) in [5, 5.41) is 0. The van der Waals surface area contributed by atoms with E-state index in [4.69, 9.17) is 4.74 Å². The Morgan fingerprint density at radius 2 is 1.89 bits per heavy atom. The van der Waals surface area contributed by atoms with E-state index in [9.17, 15) is 9.59 Å². The quantitative estimate of drug-likeness (QED) is 0.680. The van der Waals surface area contributed by atoms with Gasteiger partial charge in [-0.25, -0.2) is 4.98 Å². The van der Waals surface area contributed by atoms with Crippen LogP contribution in [0.15, 0.2) is 42.5 Å². The normalized spacial score (nSPS) is 10.6. The molecule has 3 aromatic rings. The molecule has 0 bridgehead atoms. The predicted octanol–water partition coefficient (Wildman–Crippen LogP) is 2.51. The first-order chi connectivity index (χ1) is 13.0. The van der Waals surface area contributed by atoms with Crippen molar-refractivity contribution in [3.8, 4) is 5.75 Å². The minimum absolute atomic E-state index is 0.190. The van der Waals surface area contributed by atoms with Gasteiger partial charge in [0.1, 0.15) is 11.6 Å². The SMILES string of the molecule is CCn1c(C)nc2cc(C(=O)NNC(=O)COc3ccccc3C)ccc21. The van der Waals surface area contributed by atoms with Crippen LogP contribution in [0, 0.1) is 13.8 Å². The number of nitrogens with zero attached hydrogens (tertiary/aromatic N) is 2. The van der Waals surface area contributed by atoms with Crippen molar-refractivity contribution in [1.82, 2.24) is 20.4 Å². The lowest BCUT2D eigenvalue weighted by molar-refractivity contribution is -0.123. The number of nitrogens with one attached hydrogen (secondary N) is 2. The summed E-state index contributed by atoms with van der Waals surface area (Å²) in [5.74, 6) is 0.668. The van der Waals surface area contributed by atoms with Crippen LogP contribution in [0.5, 0.6) is 5.75 Å². The van der Waals surface area contributed by atoms with Gasteiger partial charge in [0.05, 0.1) is 11.0 Å². The summed E-state index contributed by atoms with van der Waals surface area (Å²) in [6.45, 7) is 6.49. The maximum atomic E-state index is 12.3. The van der Waals surface area contributed by atoms with Crippen LogP contribution in [0.3, 0.4) is 0 Å². The summed E-state index contributed by atoms with van der Waals surface area (Å²) in [5.41, 5.74) is 7.83. The maximum absolute atomic E-state index is 12.3. The van der Waals surface area contributed by atoms with Gasteiger partial charge in [-0.15, -0.1) is 0 Å². The Kier molecular flexibility index (Phi) is 5.40. The van der Waals surface area contributed by atoms with Crippen LogP contribution in [0.25, 0.3) is 11.0 Å². The van der Waals surface area contributed by atoms with Crippen molar-refractivity contribution in [3.05, 3.63) is 59.4 Å². The fraction of sp³-hybridized carbons (Fsp3) is 0.250. The van der Waals surface area contributed by atoms with E-state index in [2.05, 4.69) is 20.4 Å². The van der Waals surface area contributed by atoms with E-state index in [0.717, 1.165) is 29.0 Å². The molecule has 7 nitrogen and oxygen atoms in total. The lowest BCUT2D eigenvalue weighted by atomic mass is 10.2. The second-order valence-corrected chi connectivity index (χ2v) is 6.16. The lowest BCUT2D eigenvalue weighted by Crippen LogP contribution is -2.43. The van der Waals surface area contributed by atoms with Crippen LogP contribution in [-0.4, -0.2) is 28.0 Å². The number of imidazole rings is 1. The summed E-state index contributed by atoms with van der Waals surface area (Å²) in [4.78, 5) is 28.6. The molecule has 2 amide bonds. The molecule has 0 atom stereocenters. The Balaban J connectivity index is 1.58. The molecule has 2 aromatic carbocycles. The van der Waals surface area contributed by atoms with Gasteiger partial charge in [-0.3, -0.25) is 20.4 Å². The van der Waals surface area contributed by atoms with E-state index in [1.807, 2.05) is 45.0 Å². The van der Waals surface area contributed by atoms with Gasteiger partial charge in [-0.2, -0.15) is 0 Å². The number of hydrogen-bond donors (Lipinski definition) is 2. The van der Waals surface area contributed by atoms with Crippen molar-refractivity contribution < 1.29 is 14.3 Å². The van der Waals surface area contributed by atoms with Crippen molar-refractivity contribution in [2.75, 3.05) is 6.61 Å². The first-order valence-electron chi connectivity index (χ1n) is 8.74. The largest absolute Gasteiger partial charge is 0.483 e. The molecule has 0 fully saturated rings. The van der Waals surface area contributed by atoms with Crippen LogP contribution in [0.1, 0.15) is 28.7 Å². The van der Waals surface area contributed by atoms with Gasteiger partial charge >= 0.3 is 0 Å². The van der Waals surface area contributed by atoms with Crippen molar-refractivity contribution in [2.45, 2.75) is 27.3 Å². The third kappa shape index (κ3) is 4.08. The van der Waals surface area contributed by atoms with Gasteiger partial charge in [0.25, 0.3) is 11.8 Å². The highest BCUT2D eigenvalue weighted by molar-refractivity contribution is 5.98. The third-order valence-electron chi connectivity index (χ3n) is 4.29. The van der Waals surface area contributed by atoms with E-state index < -0.39 is 11.8 Å². The number of fused-ring (bicyclic) bond motifs is 1. The van der Waals surface area contributed by atoms with Crippen molar-refractivity contribution in [1.29, 1.82) is 0 Å². The van der Waals surface area contributed by atoms with Crippen molar-refractivity contribution in [2.24, 2.45) is 0 Å². The first kappa shape index (κ1) is 18.4. The Morgan fingerprint density at radius 3 is 2.63 bits per heavy atom. The molecule has 0 aliphatic rings. The number of aryl methyl sites for hydroxylation is 3. The number of carbonyl (C=O) groups excluding carboxylic acids is 2. The van der Waals surface area contributed by atoms with Crippen molar-refractivity contribution in [3.63, 3.8) is 0 Å². The second kappa shape index (κ2) is 7.90. The molecule has 0 unspecified atom stereocenters. The highest BCUT2D eigenvalue weighted by Crippen LogP contribution is 2.18. The van der Waals surface area contributed by atoms with Crippen LogP contribution >= 0.6 is 0 Å². The van der Waals surface area contributed by atoms with Gasteiger partial charge in [0, 0.05) is 12.1 Å². The summed E-state index contributed by atoms with van der Waals surface area (Å²) in [6.07, 6.45) is 0. The summed E-state index contributed by atoms with van der Waals surface area (Å²) in [6, 6.07) is 12.7. The summed E-state index contributed by atoms with van der Waals surface area (Å²) < 4.78 is 7.52. The molecule has 1 heterocycles. The van der Waals surface area contributed by atoms with Crippen LogP contribution in [0.4, 0.5) is 0 Å². The number of aromatic nitrogens is 2. The highest BCUT2D eigenvalue weighted by atomic mass is 16.5. The summed E-state index contributed by atoms with van der Waals surface area (Å²) >= 11 is 0. The van der Waals surface area contributed by atoms with Gasteiger partial charge in [0.15, 0.2) is 6.61 Å².